The molecule has 0 saturated heterocycles. The number of amides is 2. The maximum atomic E-state index is 12.4. The molecule has 4 heteroatoms. The van der Waals surface area contributed by atoms with E-state index in [4.69, 9.17) is 11.6 Å². The molecule has 118 valence electrons. The fourth-order valence-corrected chi connectivity index (χ4v) is 3.61. The summed E-state index contributed by atoms with van der Waals surface area (Å²) >= 11 is 5.95. The SMILES string of the molecule is O=C(NC1Cc2ccccc2C1)NC1(c2ccc(Cl)cc2)CC1. The van der Waals surface area contributed by atoms with Crippen LogP contribution >= 0.6 is 11.6 Å². The molecule has 0 aliphatic heterocycles. The van der Waals surface area contributed by atoms with Gasteiger partial charge in [-0.1, -0.05) is 48.0 Å². The zero-order valence-electron chi connectivity index (χ0n) is 12.8. The summed E-state index contributed by atoms with van der Waals surface area (Å²) in [7, 11) is 0. The number of halogens is 1. The third-order valence-electron chi connectivity index (χ3n) is 4.89. The lowest BCUT2D eigenvalue weighted by atomic mass is 10.1. The van der Waals surface area contributed by atoms with E-state index in [0.29, 0.717) is 0 Å². The van der Waals surface area contributed by atoms with E-state index < -0.39 is 0 Å². The molecule has 0 bridgehead atoms. The highest BCUT2D eigenvalue weighted by atomic mass is 35.5. The van der Waals surface area contributed by atoms with Gasteiger partial charge in [0.05, 0.1) is 5.54 Å². The van der Waals surface area contributed by atoms with Crippen molar-refractivity contribution in [2.24, 2.45) is 0 Å². The van der Waals surface area contributed by atoms with Crippen LogP contribution in [-0.2, 0) is 18.4 Å². The predicted molar refractivity (Wildman–Crippen MR) is 91.7 cm³/mol. The quantitative estimate of drug-likeness (QED) is 0.885. The Morgan fingerprint density at radius 3 is 2.17 bits per heavy atom. The fourth-order valence-electron chi connectivity index (χ4n) is 3.48. The van der Waals surface area contributed by atoms with Crippen LogP contribution in [0.3, 0.4) is 0 Å². The molecule has 2 amide bonds. The van der Waals surface area contributed by atoms with Gasteiger partial charge in [0.2, 0.25) is 0 Å². The Kier molecular flexibility index (Phi) is 3.53. The van der Waals surface area contributed by atoms with Gasteiger partial charge in [-0.25, -0.2) is 4.79 Å². The van der Waals surface area contributed by atoms with Gasteiger partial charge in [0.1, 0.15) is 0 Å². The summed E-state index contributed by atoms with van der Waals surface area (Å²) in [5.74, 6) is 0. The lowest BCUT2D eigenvalue weighted by molar-refractivity contribution is 0.232. The number of carbonyl (C=O) groups is 1. The maximum absolute atomic E-state index is 12.4. The molecule has 0 heterocycles. The summed E-state index contributed by atoms with van der Waals surface area (Å²) in [6, 6.07) is 16.3. The Morgan fingerprint density at radius 1 is 1.00 bits per heavy atom. The Morgan fingerprint density at radius 2 is 1.61 bits per heavy atom. The van der Waals surface area contributed by atoms with Crippen LogP contribution in [0.15, 0.2) is 48.5 Å². The van der Waals surface area contributed by atoms with Crippen molar-refractivity contribution in [1.82, 2.24) is 10.6 Å². The average molecular weight is 327 g/mol. The van der Waals surface area contributed by atoms with Crippen molar-refractivity contribution < 1.29 is 4.79 Å². The molecule has 2 aromatic rings. The molecule has 1 saturated carbocycles. The highest BCUT2D eigenvalue weighted by Gasteiger charge is 2.45. The van der Waals surface area contributed by atoms with Crippen molar-refractivity contribution in [3.8, 4) is 0 Å². The molecule has 0 spiro atoms. The zero-order valence-corrected chi connectivity index (χ0v) is 13.6. The number of benzene rings is 2. The number of nitrogens with one attached hydrogen (secondary N) is 2. The highest BCUT2D eigenvalue weighted by Crippen LogP contribution is 2.45. The predicted octanol–water partition coefficient (Wildman–Crippen LogP) is 3.80. The summed E-state index contributed by atoms with van der Waals surface area (Å²) in [4.78, 5) is 12.4. The number of urea groups is 1. The maximum Gasteiger partial charge on any atom is 0.315 e. The second-order valence-corrected chi connectivity index (χ2v) is 7.00. The normalized spacial score (nSPS) is 18.3. The Bertz CT molecular complexity index is 712. The molecule has 1 fully saturated rings. The van der Waals surface area contributed by atoms with E-state index in [1.807, 2.05) is 24.3 Å². The second kappa shape index (κ2) is 5.57. The first-order valence-electron chi connectivity index (χ1n) is 8.06. The molecule has 0 radical (unpaired) electrons. The first-order valence-corrected chi connectivity index (χ1v) is 8.44. The molecule has 0 atom stereocenters. The monoisotopic (exact) mass is 326 g/mol. The van der Waals surface area contributed by atoms with Crippen LogP contribution in [0.2, 0.25) is 5.02 Å². The van der Waals surface area contributed by atoms with E-state index in [9.17, 15) is 4.79 Å². The number of carbonyl (C=O) groups excluding carboxylic acids is 1. The smallest absolute Gasteiger partial charge is 0.315 e. The summed E-state index contributed by atoms with van der Waals surface area (Å²) in [6.45, 7) is 0. The van der Waals surface area contributed by atoms with Gasteiger partial charge in [0, 0.05) is 11.1 Å². The van der Waals surface area contributed by atoms with Crippen LogP contribution in [0.1, 0.15) is 29.5 Å². The number of rotatable bonds is 3. The van der Waals surface area contributed by atoms with Gasteiger partial charge in [-0.2, -0.15) is 0 Å². The van der Waals surface area contributed by atoms with Crippen molar-refractivity contribution in [3.63, 3.8) is 0 Å². The number of hydrogen-bond donors (Lipinski definition) is 2. The van der Waals surface area contributed by atoms with Crippen molar-refractivity contribution in [1.29, 1.82) is 0 Å². The van der Waals surface area contributed by atoms with Crippen LogP contribution in [0.25, 0.3) is 0 Å². The third kappa shape index (κ3) is 2.93. The van der Waals surface area contributed by atoms with E-state index in [-0.39, 0.29) is 17.6 Å². The van der Waals surface area contributed by atoms with Gasteiger partial charge in [-0.15, -0.1) is 0 Å². The molecule has 2 aromatic carbocycles. The van der Waals surface area contributed by atoms with E-state index in [0.717, 1.165) is 36.3 Å². The Hall–Kier alpha value is -2.00. The molecule has 23 heavy (non-hydrogen) atoms. The minimum absolute atomic E-state index is 0.0738. The zero-order chi connectivity index (χ0) is 15.9. The van der Waals surface area contributed by atoms with Crippen molar-refractivity contribution in [2.45, 2.75) is 37.3 Å². The first-order chi connectivity index (χ1) is 11.1. The lowest BCUT2D eigenvalue weighted by Crippen LogP contribution is -2.46. The van der Waals surface area contributed by atoms with Crippen molar-refractivity contribution >= 4 is 17.6 Å². The van der Waals surface area contributed by atoms with Gasteiger partial charge in [-0.3, -0.25) is 0 Å². The van der Waals surface area contributed by atoms with Gasteiger partial charge in [-0.05, 0) is 54.5 Å². The Balaban J connectivity index is 1.39. The summed E-state index contributed by atoms with van der Waals surface area (Å²) < 4.78 is 0. The molecule has 2 N–H and O–H groups in total. The molecular weight excluding hydrogens is 308 g/mol. The second-order valence-electron chi connectivity index (χ2n) is 6.56. The molecule has 0 aromatic heterocycles. The fraction of sp³-hybridized carbons (Fsp3) is 0.316. The average Bonchev–Trinajstić information content (AvgIpc) is 3.19. The lowest BCUT2D eigenvalue weighted by Gasteiger charge is -2.20. The molecular formula is C19H19ClN2O. The van der Waals surface area contributed by atoms with Crippen LogP contribution in [0.5, 0.6) is 0 Å². The summed E-state index contributed by atoms with van der Waals surface area (Å²) in [6.07, 6.45) is 3.79. The molecule has 2 aliphatic rings. The molecule has 4 rings (SSSR count). The first kappa shape index (κ1) is 14.6. The minimum Gasteiger partial charge on any atom is -0.335 e. The van der Waals surface area contributed by atoms with E-state index in [2.05, 4.69) is 34.9 Å². The summed E-state index contributed by atoms with van der Waals surface area (Å²) in [5, 5.41) is 7.01. The van der Waals surface area contributed by atoms with Crippen molar-refractivity contribution in [2.75, 3.05) is 0 Å². The largest absolute Gasteiger partial charge is 0.335 e. The molecule has 2 aliphatic carbocycles. The van der Waals surface area contributed by atoms with E-state index >= 15 is 0 Å². The summed E-state index contributed by atoms with van der Waals surface area (Å²) in [5.41, 5.74) is 3.61. The topological polar surface area (TPSA) is 41.1 Å². The van der Waals surface area contributed by atoms with Crippen LogP contribution < -0.4 is 10.6 Å². The standard InChI is InChI=1S/C19H19ClN2O/c20-16-7-5-15(6-8-16)19(9-10-19)22-18(23)21-17-11-13-3-1-2-4-14(13)12-17/h1-8,17H,9-12H2,(H2,21,22,23). The minimum atomic E-state index is -0.208. The van der Waals surface area contributed by atoms with E-state index in [1.54, 1.807) is 0 Å². The van der Waals surface area contributed by atoms with Gasteiger partial charge < -0.3 is 10.6 Å². The van der Waals surface area contributed by atoms with Gasteiger partial charge >= 0.3 is 6.03 Å². The number of fused-ring (bicyclic) bond motifs is 1. The molecule has 0 unspecified atom stereocenters. The van der Waals surface area contributed by atoms with Crippen LogP contribution in [0.4, 0.5) is 4.79 Å². The van der Waals surface area contributed by atoms with Crippen molar-refractivity contribution in [3.05, 3.63) is 70.2 Å². The Labute approximate surface area is 141 Å². The van der Waals surface area contributed by atoms with Gasteiger partial charge in [0.25, 0.3) is 0 Å². The van der Waals surface area contributed by atoms with E-state index in [1.165, 1.54) is 11.1 Å². The third-order valence-corrected chi connectivity index (χ3v) is 5.14. The van der Waals surface area contributed by atoms with Crippen LogP contribution in [0, 0.1) is 0 Å². The number of hydrogen-bond acceptors (Lipinski definition) is 1. The molecule has 3 nitrogen and oxygen atoms in total. The van der Waals surface area contributed by atoms with Crippen LogP contribution in [-0.4, -0.2) is 12.1 Å². The highest BCUT2D eigenvalue weighted by molar-refractivity contribution is 6.30. The van der Waals surface area contributed by atoms with Gasteiger partial charge in [0.15, 0.2) is 0 Å².